The van der Waals surface area contributed by atoms with Crippen LogP contribution in [0.2, 0.25) is 5.02 Å². The number of halogens is 1. The van der Waals surface area contributed by atoms with E-state index in [2.05, 4.69) is 0 Å². The van der Waals surface area contributed by atoms with Gasteiger partial charge in [0.05, 0.1) is 17.7 Å². The highest BCUT2D eigenvalue weighted by molar-refractivity contribution is 6.34. The first-order valence-electron chi connectivity index (χ1n) is 8.97. The van der Waals surface area contributed by atoms with E-state index in [9.17, 15) is 19.2 Å². The van der Waals surface area contributed by atoms with E-state index in [1.165, 1.54) is 26.2 Å². The van der Waals surface area contributed by atoms with E-state index in [0.717, 1.165) is 10.0 Å². The summed E-state index contributed by atoms with van der Waals surface area (Å²) in [6.07, 6.45) is -0.0385. The van der Waals surface area contributed by atoms with Crippen molar-refractivity contribution in [2.45, 2.75) is 25.8 Å². The average Bonchev–Trinajstić information content (AvgIpc) is 3.06. The zero-order valence-corrected chi connectivity index (χ0v) is 16.7. The average molecular weight is 415 g/mol. The Balaban J connectivity index is 2.01. The number of carbonyl (C=O) groups excluding carboxylic acids is 4. The molecule has 2 aromatic rings. The van der Waals surface area contributed by atoms with Gasteiger partial charge in [-0.1, -0.05) is 23.7 Å². The maximum atomic E-state index is 13.2. The van der Waals surface area contributed by atoms with Crippen LogP contribution in [0.4, 0.5) is 0 Å². The van der Waals surface area contributed by atoms with Crippen LogP contribution in [0.15, 0.2) is 48.5 Å². The van der Waals surface area contributed by atoms with Gasteiger partial charge < -0.3 is 4.74 Å². The molecular formula is C21H19ClN2O5. The van der Waals surface area contributed by atoms with Crippen LogP contribution in [0.1, 0.15) is 40.5 Å². The molecule has 1 saturated heterocycles. The summed E-state index contributed by atoms with van der Waals surface area (Å²) < 4.78 is 5.09. The van der Waals surface area contributed by atoms with Gasteiger partial charge in [-0.05, 0) is 43.3 Å². The number of methoxy groups -OCH3 is 1. The van der Waals surface area contributed by atoms with Crippen molar-refractivity contribution in [2.24, 2.45) is 0 Å². The van der Waals surface area contributed by atoms with Crippen LogP contribution < -0.4 is 4.74 Å². The summed E-state index contributed by atoms with van der Waals surface area (Å²) in [5.41, 5.74) is 0.408. The van der Waals surface area contributed by atoms with Crippen molar-refractivity contribution in [2.75, 3.05) is 7.11 Å². The molecule has 150 valence electrons. The predicted octanol–water partition coefficient (Wildman–Crippen LogP) is 3.13. The largest absolute Gasteiger partial charge is 0.497 e. The molecule has 0 saturated carbocycles. The second-order valence-corrected chi connectivity index (χ2v) is 6.90. The highest BCUT2D eigenvalue weighted by Crippen LogP contribution is 2.25. The van der Waals surface area contributed by atoms with Crippen molar-refractivity contribution in [1.82, 2.24) is 10.0 Å². The number of benzene rings is 2. The Morgan fingerprint density at radius 3 is 2.17 bits per heavy atom. The Morgan fingerprint density at radius 1 is 1.03 bits per heavy atom. The minimum atomic E-state index is -1.11. The lowest BCUT2D eigenvalue weighted by atomic mass is 10.0. The smallest absolute Gasteiger partial charge is 0.275 e. The van der Waals surface area contributed by atoms with Gasteiger partial charge in [-0.15, -0.1) is 0 Å². The molecule has 0 aromatic heterocycles. The minimum absolute atomic E-state index is 0.0193. The van der Waals surface area contributed by atoms with E-state index in [0.29, 0.717) is 11.3 Å². The van der Waals surface area contributed by atoms with E-state index in [-0.39, 0.29) is 23.4 Å². The molecule has 2 aromatic carbocycles. The molecule has 3 rings (SSSR count). The van der Waals surface area contributed by atoms with Gasteiger partial charge in [-0.3, -0.25) is 19.2 Å². The molecule has 1 atom stereocenters. The number of hydrogen-bond acceptors (Lipinski definition) is 5. The first-order valence-corrected chi connectivity index (χ1v) is 9.35. The molecule has 8 heteroatoms. The van der Waals surface area contributed by atoms with Gasteiger partial charge in [0.1, 0.15) is 11.8 Å². The van der Waals surface area contributed by atoms with E-state index in [4.69, 9.17) is 16.3 Å². The first-order chi connectivity index (χ1) is 13.8. The van der Waals surface area contributed by atoms with Gasteiger partial charge in [0.2, 0.25) is 11.8 Å². The quantitative estimate of drug-likeness (QED) is 0.535. The van der Waals surface area contributed by atoms with Crippen molar-refractivity contribution >= 4 is 35.1 Å². The number of imide groups is 1. The first kappa shape index (κ1) is 20.5. The van der Waals surface area contributed by atoms with Gasteiger partial charge >= 0.3 is 0 Å². The molecule has 1 aliphatic rings. The molecule has 0 aliphatic carbocycles. The van der Waals surface area contributed by atoms with Gasteiger partial charge in [-0.25, -0.2) is 5.01 Å². The second kappa shape index (κ2) is 8.45. The predicted molar refractivity (Wildman–Crippen MR) is 105 cm³/mol. The number of nitrogens with zero attached hydrogens (tertiary/aromatic N) is 2. The minimum Gasteiger partial charge on any atom is -0.497 e. The zero-order chi connectivity index (χ0) is 21.1. The molecule has 3 amide bonds. The number of ether oxygens (including phenoxy) is 1. The molecule has 0 N–H and O–H groups in total. The summed E-state index contributed by atoms with van der Waals surface area (Å²) in [4.78, 5) is 51.0. The van der Waals surface area contributed by atoms with Crippen LogP contribution >= 0.6 is 11.6 Å². The summed E-state index contributed by atoms with van der Waals surface area (Å²) in [6.45, 7) is 1.47. The van der Waals surface area contributed by atoms with E-state index < -0.39 is 29.5 Å². The van der Waals surface area contributed by atoms with Crippen LogP contribution in [-0.4, -0.2) is 46.7 Å². The molecule has 7 nitrogen and oxygen atoms in total. The maximum absolute atomic E-state index is 13.2. The number of hydrazine groups is 1. The van der Waals surface area contributed by atoms with E-state index in [1.54, 1.807) is 36.4 Å². The molecule has 0 spiro atoms. The summed E-state index contributed by atoms with van der Waals surface area (Å²) >= 11 is 6.14. The third-order valence-corrected chi connectivity index (χ3v) is 5.00. The molecule has 0 unspecified atom stereocenters. The molecular weight excluding hydrogens is 396 g/mol. The maximum Gasteiger partial charge on any atom is 0.275 e. The number of rotatable bonds is 6. The highest BCUT2D eigenvalue weighted by Gasteiger charge is 2.42. The molecule has 0 radical (unpaired) electrons. The van der Waals surface area contributed by atoms with Crippen LogP contribution in [0.25, 0.3) is 0 Å². The monoisotopic (exact) mass is 414 g/mol. The molecule has 1 heterocycles. The fraction of sp³-hybridized carbons (Fsp3) is 0.238. The van der Waals surface area contributed by atoms with Crippen molar-refractivity contribution in [3.8, 4) is 5.75 Å². The van der Waals surface area contributed by atoms with Crippen molar-refractivity contribution in [1.29, 1.82) is 0 Å². The normalized spacial score (nSPS) is 14.7. The molecule has 1 aliphatic heterocycles. The summed E-state index contributed by atoms with van der Waals surface area (Å²) in [5.74, 6) is -1.63. The lowest BCUT2D eigenvalue weighted by Gasteiger charge is -2.34. The SMILES string of the molecule is COc1ccc(C(=O)[C@H](C)N(C(=O)c2ccccc2Cl)N2C(=O)CCC2=O)cc1. The summed E-state index contributed by atoms with van der Waals surface area (Å²) in [7, 11) is 1.51. The van der Waals surface area contributed by atoms with Gasteiger partial charge in [-0.2, -0.15) is 5.01 Å². The molecule has 0 bridgehead atoms. The van der Waals surface area contributed by atoms with E-state index >= 15 is 0 Å². The second-order valence-electron chi connectivity index (χ2n) is 6.50. The standard InChI is InChI=1S/C21H19ClN2O5/c1-13(20(27)14-7-9-15(29-2)10-8-14)23(24-18(25)11-12-19(24)26)21(28)16-5-3-4-6-17(16)22/h3-10,13H,11-12H2,1-2H3/t13-/m0/s1. The Hall–Kier alpha value is -3.19. The Labute approximate surface area is 172 Å². The fourth-order valence-corrected chi connectivity index (χ4v) is 3.33. The fourth-order valence-electron chi connectivity index (χ4n) is 3.11. The Bertz CT molecular complexity index is 957. The van der Waals surface area contributed by atoms with Crippen molar-refractivity contribution < 1.29 is 23.9 Å². The Morgan fingerprint density at radius 2 is 1.62 bits per heavy atom. The van der Waals surface area contributed by atoms with Crippen molar-refractivity contribution in [3.63, 3.8) is 0 Å². The number of Topliss-reactive ketones (excluding diaryl/α,β-unsaturated/α-hetero) is 1. The number of hydrogen-bond donors (Lipinski definition) is 0. The molecule has 1 fully saturated rings. The van der Waals surface area contributed by atoms with Gasteiger partial charge in [0, 0.05) is 18.4 Å². The third kappa shape index (κ3) is 4.00. The lowest BCUT2D eigenvalue weighted by Crippen LogP contribution is -2.56. The summed E-state index contributed by atoms with van der Waals surface area (Å²) in [6, 6.07) is 11.5. The topological polar surface area (TPSA) is 84.0 Å². The number of carbonyl (C=O) groups is 4. The van der Waals surface area contributed by atoms with Crippen LogP contribution in [0, 0.1) is 0 Å². The van der Waals surface area contributed by atoms with E-state index in [1.807, 2.05) is 0 Å². The van der Waals surface area contributed by atoms with Crippen molar-refractivity contribution in [3.05, 3.63) is 64.7 Å². The Kier molecular flexibility index (Phi) is 5.98. The van der Waals surface area contributed by atoms with Crippen LogP contribution in [0.5, 0.6) is 5.75 Å². The zero-order valence-electron chi connectivity index (χ0n) is 15.9. The van der Waals surface area contributed by atoms with Gasteiger partial charge in [0.15, 0.2) is 5.78 Å². The number of ketones is 1. The lowest BCUT2D eigenvalue weighted by molar-refractivity contribution is -0.154. The van der Waals surface area contributed by atoms with Gasteiger partial charge in [0.25, 0.3) is 5.91 Å². The summed E-state index contributed by atoms with van der Waals surface area (Å²) in [5, 5.41) is 1.83. The van der Waals surface area contributed by atoms with Crippen LogP contribution in [-0.2, 0) is 9.59 Å². The third-order valence-electron chi connectivity index (χ3n) is 4.67. The number of amides is 3. The molecule has 29 heavy (non-hydrogen) atoms. The highest BCUT2D eigenvalue weighted by atomic mass is 35.5. The van der Waals surface area contributed by atoms with Crippen LogP contribution in [0.3, 0.4) is 0 Å².